The summed E-state index contributed by atoms with van der Waals surface area (Å²) < 4.78 is 0. The molecule has 0 radical (unpaired) electrons. The Labute approximate surface area is 501 Å². The Morgan fingerprint density at radius 3 is 0.765 bits per heavy atom. The maximum absolute atomic E-state index is 14.7. The van der Waals surface area contributed by atoms with E-state index in [1.165, 1.54) is 0 Å². The normalized spacial score (nSPS) is 16.0. The third kappa shape index (κ3) is 30.1. The fraction of sp³-hybridized carbons (Fsp3) is 0.759. The van der Waals surface area contributed by atoms with Crippen LogP contribution in [0.15, 0.2) is 20.0 Å². The first kappa shape index (κ1) is 77.3. The van der Waals surface area contributed by atoms with Gasteiger partial charge in [0.25, 0.3) is 0 Å². The van der Waals surface area contributed by atoms with E-state index < -0.39 is 125 Å². The van der Waals surface area contributed by atoms with Crippen LogP contribution in [0.1, 0.15) is 153 Å². The minimum absolute atomic E-state index is 0.0286. The molecule has 85 heavy (non-hydrogen) atoms. The van der Waals surface area contributed by atoms with Crippen molar-refractivity contribution in [2.75, 3.05) is 26.2 Å². The molecule has 9 amide bonds. The largest absolute Gasteiger partial charge is 0.370 e. The number of carbonyl (C=O) groups excluding carboxylic acids is 9. The van der Waals surface area contributed by atoms with E-state index >= 15 is 0 Å². The molecule has 0 aliphatic heterocycles. The minimum atomic E-state index is -1.40. The van der Waals surface area contributed by atoms with Gasteiger partial charge < -0.3 is 99.9 Å². The molecule has 0 saturated heterocycles. The predicted molar refractivity (Wildman–Crippen MR) is 330 cm³/mol. The van der Waals surface area contributed by atoms with Gasteiger partial charge in [0.1, 0.15) is 48.3 Å². The topological polar surface area (TPSA) is 560 Å². The number of hydrogen-bond acceptors (Lipinski definition) is 14. The van der Waals surface area contributed by atoms with E-state index in [-0.39, 0.29) is 113 Å². The van der Waals surface area contributed by atoms with Crippen molar-refractivity contribution in [3.8, 4) is 0 Å². The predicted octanol–water partition coefficient (Wildman–Crippen LogP) is -3.88. The van der Waals surface area contributed by atoms with Gasteiger partial charge in [-0.3, -0.25) is 63.1 Å². The van der Waals surface area contributed by atoms with Crippen molar-refractivity contribution in [1.29, 1.82) is 0 Å². The van der Waals surface area contributed by atoms with Crippen molar-refractivity contribution >= 4 is 77.0 Å². The zero-order chi connectivity index (χ0) is 65.1. The highest BCUT2D eigenvalue weighted by Crippen LogP contribution is 2.17. The third-order valence-corrected chi connectivity index (χ3v) is 15.1. The van der Waals surface area contributed by atoms with Gasteiger partial charge in [-0.1, -0.05) is 101 Å². The second-order valence-corrected chi connectivity index (χ2v) is 21.8. The van der Waals surface area contributed by atoms with E-state index in [1.807, 2.05) is 27.7 Å². The zero-order valence-corrected chi connectivity index (χ0v) is 51.8. The van der Waals surface area contributed by atoms with Crippen LogP contribution in [0.4, 0.5) is 0 Å². The molecule has 0 aromatic heterocycles. The average molecular weight is 1210 g/mol. The number of nitrogens with one attached hydrogen (secondary N) is 8. The van der Waals surface area contributed by atoms with Gasteiger partial charge in [-0.15, -0.1) is 0 Å². The number of hydrogen-bond donors (Lipinski definition) is 18. The van der Waals surface area contributed by atoms with E-state index in [0.29, 0.717) is 32.1 Å². The first-order valence-corrected chi connectivity index (χ1v) is 29.6. The second-order valence-electron chi connectivity index (χ2n) is 21.8. The molecule has 0 aliphatic carbocycles. The first-order valence-electron chi connectivity index (χ1n) is 29.6. The summed E-state index contributed by atoms with van der Waals surface area (Å²) in [6.45, 7) is 18.0. The number of rotatable bonds is 43. The van der Waals surface area contributed by atoms with Crippen molar-refractivity contribution in [1.82, 2.24) is 42.5 Å². The molecule has 0 saturated carbocycles. The molecule has 0 aliphatic rings. The Hall–Kier alpha value is -7.73. The summed E-state index contributed by atoms with van der Waals surface area (Å²) in [6, 6.07) is -11.0. The van der Waals surface area contributed by atoms with Crippen molar-refractivity contribution < 1.29 is 43.2 Å². The van der Waals surface area contributed by atoms with Gasteiger partial charge in [-0.25, -0.2) is 0 Å². The molecule has 0 rings (SSSR count). The number of nitrogens with two attached hydrogens (primary N) is 10. The Morgan fingerprint density at radius 2 is 0.518 bits per heavy atom. The number of amides is 9. The summed E-state index contributed by atoms with van der Waals surface area (Å²) >= 11 is 0. The van der Waals surface area contributed by atoms with E-state index in [9.17, 15) is 43.2 Å². The number of aliphatic imine (C=N–C) groups is 4. The standard InChI is InChI=1S/C54H106N22O9/c1-11-28(6)37(55)47(82)76-40(31(9)14-4)49(84)72-34(21-17-25-66-52(59)60)44(79)69-35(22-18-26-67-53(61)62)45(80)74-39(30(8)13-3)48(83)71-33(20-16-24-65-51(57)58)43(78)70-36(23-19-27-68-54(63)64)46(81)75-41(32(10)15-5)50(85)73-38(42(56)77)29(7)12-2/h28-41H,11-27,55H2,1-10H3,(H2,56,77)(H,69,79)(H,70,78)(H,71,83)(H,72,84)(H,73,85)(H,74,80)(H,75,81)(H,76,82)(H4,57,58,65)(H4,59,60,66)(H4,61,62,67)(H4,63,64,68)/t28-,29-,30-,31-,32-,33-,34-,35-,36-,37-,38-,39-,40-,41-/m0/s1. The molecule has 14 atom stereocenters. The van der Waals surface area contributed by atoms with E-state index in [1.54, 1.807) is 41.5 Å². The SMILES string of the molecule is CC[C@H](C)[C@H](N)C(=O)N[C@H](C(=O)N[C@@H](CCCN=C(N)N)C(=O)N[C@@H](CCCN=C(N)N)C(=O)N[C@H](C(=O)N[C@@H](CCCN=C(N)N)C(=O)N[C@@H](CCCN=C(N)N)C(=O)N[C@H](C(=O)N[C@H](C(N)=O)[C@@H](C)CC)[C@@H](C)CC)[C@@H](C)CC)[C@@H](C)CC. The van der Waals surface area contributed by atoms with E-state index in [0.717, 1.165) is 0 Å². The van der Waals surface area contributed by atoms with Crippen molar-refractivity contribution in [3.63, 3.8) is 0 Å². The summed E-state index contributed by atoms with van der Waals surface area (Å²) in [4.78, 5) is 142. The molecule has 486 valence electrons. The molecule has 0 heterocycles. The number of nitrogens with zero attached hydrogens (tertiary/aromatic N) is 4. The average Bonchev–Trinajstić information content (AvgIpc) is 3.62. The van der Waals surface area contributed by atoms with Crippen LogP contribution < -0.4 is 99.9 Å². The van der Waals surface area contributed by atoms with Gasteiger partial charge in [0.2, 0.25) is 53.2 Å². The van der Waals surface area contributed by atoms with Crippen molar-refractivity contribution in [2.24, 2.45) is 107 Å². The van der Waals surface area contributed by atoms with Gasteiger partial charge in [-0.2, -0.15) is 0 Å². The zero-order valence-electron chi connectivity index (χ0n) is 51.8. The summed E-state index contributed by atoms with van der Waals surface area (Å²) in [6.07, 6.45) is 2.69. The number of guanidine groups is 4. The van der Waals surface area contributed by atoms with Crippen LogP contribution in [0.5, 0.6) is 0 Å². The van der Waals surface area contributed by atoms with E-state index in [2.05, 4.69) is 62.5 Å². The molecule has 0 unspecified atom stereocenters. The molecule has 0 fully saturated rings. The van der Waals surface area contributed by atoms with Crippen LogP contribution in [0, 0.1) is 29.6 Å². The molecular formula is C54H106N22O9. The molecule has 0 aromatic rings. The lowest BCUT2D eigenvalue weighted by Crippen LogP contribution is -2.62. The lowest BCUT2D eigenvalue weighted by atomic mass is 9.94. The molecular weight excluding hydrogens is 1100 g/mol. The second kappa shape index (κ2) is 41.3. The Bertz CT molecular complexity index is 2250. The van der Waals surface area contributed by atoms with Crippen LogP contribution in [0.25, 0.3) is 0 Å². The van der Waals surface area contributed by atoms with Crippen molar-refractivity contribution in [2.45, 2.75) is 207 Å². The Kier molecular flexibility index (Phi) is 37.6. The summed E-state index contributed by atoms with van der Waals surface area (Å²) in [7, 11) is 0. The van der Waals surface area contributed by atoms with Crippen LogP contribution >= 0.6 is 0 Å². The monoisotopic (exact) mass is 1210 g/mol. The fourth-order valence-electron chi connectivity index (χ4n) is 8.51. The summed E-state index contributed by atoms with van der Waals surface area (Å²) in [5, 5.41) is 21.9. The Morgan fingerprint density at radius 1 is 0.306 bits per heavy atom. The number of carbonyl (C=O) groups is 9. The molecule has 28 N–H and O–H groups in total. The lowest BCUT2D eigenvalue weighted by Gasteiger charge is -2.31. The lowest BCUT2D eigenvalue weighted by molar-refractivity contribution is -0.137. The quantitative estimate of drug-likeness (QED) is 0.0158. The highest BCUT2D eigenvalue weighted by atomic mass is 16.2. The van der Waals surface area contributed by atoms with Crippen LogP contribution in [0.2, 0.25) is 0 Å². The van der Waals surface area contributed by atoms with Gasteiger partial charge >= 0.3 is 0 Å². The molecule has 0 spiro atoms. The summed E-state index contributed by atoms with van der Waals surface area (Å²) in [5.74, 6) is -9.60. The van der Waals surface area contributed by atoms with Crippen LogP contribution in [0.3, 0.4) is 0 Å². The third-order valence-electron chi connectivity index (χ3n) is 15.1. The van der Waals surface area contributed by atoms with E-state index in [4.69, 9.17) is 57.3 Å². The molecule has 0 aromatic carbocycles. The highest BCUT2D eigenvalue weighted by molar-refractivity contribution is 5.98. The fourth-order valence-corrected chi connectivity index (χ4v) is 8.51. The first-order chi connectivity index (χ1) is 39.9. The summed E-state index contributed by atoms with van der Waals surface area (Å²) in [5.41, 5.74) is 56.5. The number of primary amides is 1. The smallest absolute Gasteiger partial charge is 0.243 e. The van der Waals surface area contributed by atoms with Crippen molar-refractivity contribution in [3.05, 3.63) is 0 Å². The Balaban J connectivity index is 7.42. The maximum atomic E-state index is 14.7. The van der Waals surface area contributed by atoms with Gasteiger partial charge in [0, 0.05) is 26.2 Å². The molecule has 31 nitrogen and oxygen atoms in total. The van der Waals surface area contributed by atoms with Gasteiger partial charge in [0.15, 0.2) is 23.8 Å². The van der Waals surface area contributed by atoms with Gasteiger partial charge in [-0.05, 0) is 81.0 Å². The molecule has 31 heteroatoms. The van der Waals surface area contributed by atoms with Crippen LogP contribution in [-0.4, -0.2) is 158 Å². The molecule has 0 bridgehead atoms. The highest BCUT2D eigenvalue weighted by Gasteiger charge is 2.38. The van der Waals surface area contributed by atoms with Crippen LogP contribution in [-0.2, 0) is 43.2 Å². The van der Waals surface area contributed by atoms with Gasteiger partial charge in [0.05, 0.1) is 6.04 Å². The minimum Gasteiger partial charge on any atom is -0.370 e. The maximum Gasteiger partial charge on any atom is 0.243 e.